The summed E-state index contributed by atoms with van der Waals surface area (Å²) in [5.41, 5.74) is 7.46. The van der Waals surface area contributed by atoms with Crippen LogP contribution in [0.15, 0.2) is 58.0 Å². The summed E-state index contributed by atoms with van der Waals surface area (Å²) >= 11 is 9.47. The molecule has 0 aliphatic heterocycles. The molecule has 0 spiro atoms. The predicted octanol–water partition coefficient (Wildman–Crippen LogP) is 4.14. The minimum atomic E-state index is 0.405. The van der Waals surface area contributed by atoms with Crippen LogP contribution >= 0.6 is 27.5 Å². The fraction of sp³-hybridized carbons (Fsp3) is 0. The van der Waals surface area contributed by atoms with E-state index in [1.807, 2.05) is 42.5 Å². The minimum absolute atomic E-state index is 0.405. The Labute approximate surface area is 113 Å². The summed E-state index contributed by atoms with van der Waals surface area (Å²) in [6.45, 7) is 0. The van der Waals surface area contributed by atoms with E-state index in [1.165, 1.54) is 0 Å². The Kier molecular flexibility index (Phi) is 3.82. The molecule has 0 aliphatic rings. The first-order valence-corrected chi connectivity index (χ1v) is 6.19. The average Bonchev–Trinajstić information content (AvgIpc) is 2.32. The zero-order valence-electron chi connectivity index (χ0n) is 8.90. The van der Waals surface area contributed by atoms with E-state index < -0.39 is 0 Å². The highest BCUT2D eigenvalue weighted by atomic mass is 79.9. The maximum atomic E-state index is 6.05. The standard InChI is InChI=1S/C13H10BrClN2/c14-10-6-2-4-8-12(10)17-13(16)9-5-1-3-7-11(9)15/h1-8H,(H2,16,17). The van der Waals surface area contributed by atoms with Gasteiger partial charge in [0.25, 0.3) is 0 Å². The maximum absolute atomic E-state index is 6.05. The van der Waals surface area contributed by atoms with Gasteiger partial charge in [-0.25, -0.2) is 4.99 Å². The van der Waals surface area contributed by atoms with Crippen LogP contribution in [-0.2, 0) is 0 Å². The second-order valence-corrected chi connectivity index (χ2v) is 4.69. The Morgan fingerprint density at radius 3 is 2.41 bits per heavy atom. The van der Waals surface area contributed by atoms with Gasteiger partial charge >= 0.3 is 0 Å². The van der Waals surface area contributed by atoms with E-state index in [0.29, 0.717) is 10.9 Å². The van der Waals surface area contributed by atoms with E-state index >= 15 is 0 Å². The summed E-state index contributed by atoms with van der Waals surface area (Å²) in [6, 6.07) is 15.0. The molecule has 0 amide bonds. The predicted molar refractivity (Wildman–Crippen MR) is 76.0 cm³/mol. The van der Waals surface area contributed by atoms with Gasteiger partial charge in [-0.05, 0) is 40.2 Å². The van der Waals surface area contributed by atoms with Crippen molar-refractivity contribution in [3.05, 3.63) is 63.6 Å². The van der Waals surface area contributed by atoms with Crippen molar-refractivity contribution in [1.29, 1.82) is 0 Å². The summed E-state index contributed by atoms with van der Waals surface area (Å²) < 4.78 is 0.898. The van der Waals surface area contributed by atoms with Gasteiger partial charge in [-0.2, -0.15) is 0 Å². The van der Waals surface area contributed by atoms with Crippen molar-refractivity contribution < 1.29 is 0 Å². The van der Waals surface area contributed by atoms with Gasteiger partial charge in [0.15, 0.2) is 0 Å². The Balaban J connectivity index is 2.42. The van der Waals surface area contributed by atoms with Crippen molar-refractivity contribution >= 4 is 39.1 Å². The molecule has 2 nitrogen and oxygen atoms in total. The van der Waals surface area contributed by atoms with Gasteiger partial charge in [0.2, 0.25) is 0 Å². The van der Waals surface area contributed by atoms with Crippen LogP contribution in [0.5, 0.6) is 0 Å². The largest absolute Gasteiger partial charge is 0.383 e. The van der Waals surface area contributed by atoms with E-state index in [9.17, 15) is 0 Å². The van der Waals surface area contributed by atoms with Crippen molar-refractivity contribution in [1.82, 2.24) is 0 Å². The maximum Gasteiger partial charge on any atom is 0.132 e. The molecule has 2 rings (SSSR count). The van der Waals surface area contributed by atoms with Crippen LogP contribution < -0.4 is 5.73 Å². The molecule has 0 saturated heterocycles. The molecule has 0 heterocycles. The van der Waals surface area contributed by atoms with Crippen LogP contribution in [0.25, 0.3) is 0 Å². The first kappa shape index (κ1) is 12.1. The van der Waals surface area contributed by atoms with Crippen LogP contribution in [0.3, 0.4) is 0 Å². The molecule has 86 valence electrons. The lowest BCUT2D eigenvalue weighted by Gasteiger charge is -2.04. The SMILES string of the molecule is NC(=Nc1ccccc1Br)c1ccccc1Cl. The Morgan fingerprint density at radius 2 is 1.71 bits per heavy atom. The minimum Gasteiger partial charge on any atom is -0.383 e. The second kappa shape index (κ2) is 5.34. The molecule has 0 aliphatic carbocycles. The fourth-order valence-corrected chi connectivity index (χ4v) is 2.01. The molecule has 2 N–H and O–H groups in total. The fourth-order valence-electron chi connectivity index (χ4n) is 1.40. The second-order valence-electron chi connectivity index (χ2n) is 3.43. The first-order valence-electron chi connectivity index (χ1n) is 5.02. The molecule has 2 aromatic rings. The van der Waals surface area contributed by atoms with E-state index in [-0.39, 0.29) is 0 Å². The molecular weight excluding hydrogens is 300 g/mol. The molecule has 0 radical (unpaired) electrons. The van der Waals surface area contributed by atoms with Gasteiger partial charge in [-0.3, -0.25) is 0 Å². The number of rotatable bonds is 2. The number of amidine groups is 1. The van der Waals surface area contributed by atoms with Gasteiger partial charge in [0.05, 0.1) is 10.7 Å². The van der Waals surface area contributed by atoms with Crippen molar-refractivity contribution in [2.75, 3.05) is 0 Å². The number of para-hydroxylation sites is 1. The van der Waals surface area contributed by atoms with Crippen molar-refractivity contribution in [2.24, 2.45) is 10.7 Å². The molecule has 0 unspecified atom stereocenters. The number of benzene rings is 2. The lowest BCUT2D eigenvalue weighted by atomic mass is 10.2. The third kappa shape index (κ3) is 2.87. The molecule has 0 saturated carbocycles. The van der Waals surface area contributed by atoms with Crippen molar-refractivity contribution in [3.63, 3.8) is 0 Å². The van der Waals surface area contributed by atoms with Gasteiger partial charge in [-0.1, -0.05) is 35.9 Å². The number of halogens is 2. The average molecular weight is 310 g/mol. The van der Waals surface area contributed by atoms with E-state index in [0.717, 1.165) is 15.7 Å². The van der Waals surface area contributed by atoms with E-state index in [4.69, 9.17) is 17.3 Å². The zero-order valence-corrected chi connectivity index (χ0v) is 11.2. The van der Waals surface area contributed by atoms with Gasteiger partial charge < -0.3 is 5.73 Å². The quantitative estimate of drug-likeness (QED) is 0.657. The van der Waals surface area contributed by atoms with Crippen LogP contribution in [0.4, 0.5) is 5.69 Å². The Bertz CT molecular complexity index is 567. The van der Waals surface area contributed by atoms with Gasteiger partial charge in [0, 0.05) is 10.0 Å². The van der Waals surface area contributed by atoms with E-state index in [1.54, 1.807) is 6.07 Å². The number of hydrogen-bond acceptors (Lipinski definition) is 1. The highest BCUT2D eigenvalue weighted by molar-refractivity contribution is 9.10. The number of aliphatic imine (C=N–C) groups is 1. The summed E-state index contributed by atoms with van der Waals surface area (Å²) in [6.07, 6.45) is 0. The number of hydrogen-bond donors (Lipinski definition) is 1. The molecule has 4 heteroatoms. The van der Waals surface area contributed by atoms with E-state index in [2.05, 4.69) is 20.9 Å². The molecule has 0 bridgehead atoms. The lowest BCUT2D eigenvalue weighted by molar-refractivity contribution is 1.43. The zero-order chi connectivity index (χ0) is 12.3. The summed E-state index contributed by atoms with van der Waals surface area (Å²) in [5.74, 6) is 0.405. The molecular formula is C13H10BrClN2. The molecule has 0 fully saturated rings. The van der Waals surface area contributed by atoms with Crippen molar-refractivity contribution in [3.8, 4) is 0 Å². The highest BCUT2D eigenvalue weighted by Crippen LogP contribution is 2.25. The van der Waals surface area contributed by atoms with Crippen LogP contribution in [0.2, 0.25) is 5.02 Å². The van der Waals surface area contributed by atoms with Crippen molar-refractivity contribution in [2.45, 2.75) is 0 Å². The Morgan fingerprint density at radius 1 is 1.06 bits per heavy atom. The van der Waals surface area contributed by atoms with Gasteiger partial charge in [-0.15, -0.1) is 0 Å². The van der Waals surface area contributed by atoms with Crippen LogP contribution in [0, 0.1) is 0 Å². The third-order valence-electron chi connectivity index (χ3n) is 2.24. The smallest absolute Gasteiger partial charge is 0.132 e. The monoisotopic (exact) mass is 308 g/mol. The summed E-state index contributed by atoms with van der Waals surface area (Å²) in [4.78, 5) is 4.35. The van der Waals surface area contributed by atoms with Gasteiger partial charge in [0.1, 0.15) is 5.84 Å². The molecule has 2 aromatic carbocycles. The summed E-state index contributed by atoms with van der Waals surface area (Å²) in [5, 5.41) is 0.598. The molecule has 17 heavy (non-hydrogen) atoms. The highest BCUT2D eigenvalue weighted by Gasteiger charge is 2.04. The number of nitrogens with two attached hydrogens (primary N) is 1. The summed E-state index contributed by atoms with van der Waals surface area (Å²) in [7, 11) is 0. The topological polar surface area (TPSA) is 38.4 Å². The first-order chi connectivity index (χ1) is 8.18. The van der Waals surface area contributed by atoms with Crippen LogP contribution in [0.1, 0.15) is 5.56 Å². The third-order valence-corrected chi connectivity index (χ3v) is 3.24. The Hall–Kier alpha value is -1.32. The lowest BCUT2D eigenvalue weighted by Crippen LogP contribution is -2.13. The molecule has 0 atom stereocenters. The molecule has 0 aromatic heterocycles. The normalized spacial score (nSPS) is 11.5. The van der Waals surface area contributed by atoms with Crippen LogP contribution in [-0.4, -0.2) is 5.84 Å². The number of nitrogens with zero attached hydrogens (tertiary/aromatic N) is 1.